The van der Waals surface area contributed by atoms with Gasteiger partial charge in [0.25, 0.3) is 0 Å². The molecule has 11 heteroatoms. The lowest BCUT2D eigenvalue weighted by Gasteiger charge is -2.24. The van der Waals surface area contributed by atoms with Crippen LogP contribution in [0, 0.1) is 13.8 Å². The largest absolute Gasteiger partial charge is 0.416 e. The third-order valence-corrected chi connectivity index (χ3v) is 7.92. The van der Waals surface area contributed by atoms with Gasteiger partial charge in [-0.3, -0.25) is 9.98 Å². The molecule has 3 aromatic rings. The summed E-state index contributed by atoms with van der Waals surface area (Å²) in [5, 5.41) is 0.719. The van der Waals surface area contributed by atoms with Crippen LogP contribution in [0.5, 0.6) is 0 Å². The SMILES string of the molecule is Cc1c(C(C)/N=c2\nc(C)n(C)c3cnc(C4=CCN(S(C)(=O)=O)CC4)cc23)cccc1C(F)(F)F. The molecule has 1 aromatic carbocycles. The molecule has 0 fully saturated rings. The van der Waals surface area contributed by atoms with Crippen LogP contribution in [-0.2, 0) is 23.2 Å². The van der Waals surface area contributed by atoms with Crippen LogP contribution < -0.4 is 5.49 Å². The minimum Gasteiger partial charge on any atom is -0.331 e. The Bertz CT molecular complexity index is 1540. The molecule has 1 aliphatic rings. The normalized spacial score (nSPS) is 16.9. The van der Waals surface area contributed by atoms with Crippen LogP contribution in [0.4, 0.5) is 13.2 Å². The van der Waals surface area contributed by atoms with Gasteiger partial charge in [-0.25, -0.2) is 13.4 Å². The van der Waals surface area contributed by atoms with Gasteiger partial charge in [-0.15, -0.1) is 0 Å². The second kappa shape index (κ2) is 9.44. The van der Waals surface area contributed by atoms with Crippen molar-refractivity contribution in [2.75, 3.05) is 19.3 Å². The maximum Gasteiger partial charge on any atom is 0.416 e. The summed E-state index contributed by atoms with van der Waals surface area (Å²) in [7, 11) is -1.41. The van der Waals surface area contributed by atoms with Gasteiger partial charge in [0.05, 0.1) is 35.3 Å². The molecule has 1 unspecified atom stereocenters. The van der Waals surface area contributed by atoms with E-state index in [2.05, 4.69) is 9.97 Å². The highest BCUT2D eigenvalue weighted by Gasteiger charge is 2.33. The molecule has 1 aliphatic heterocycles. The van der Waals surface area contributed by atoms with Gasteiger partial charge in [0.2, 0.25) is 10.0 Å². The molecular weight excluding hydrogens is 491 g/mol. The number of hydrogen-bond acceptors (Lipinski definition) is 5. The molecule has 1 atom stereocenters. The number of nitrogens with zero attached hydrogens (tertiary/aromatic N) is 5. The lowest BCUT2D eigenvalue weighted by Crippen LogP contribution is -2.33. The molecular formula is C25H28F3N5O2S. The van der Waals surface area contributed by atoms with E-state index in [9.17, 15) is 21.6 Å². The lowest BCUT2D eigenvalue weighted by atomic mass is 9.97. The molecule has 0 aliphatic carbocycles. The van der Waals surface area contributed by atoms with Crippen LogP contribution in [0.3, 0.4) is 0 Å². The molecule has 3 heterocycles. The van der Waals surface area contributed by atoms with Gasteiger partial charge in [-0.1, -0.05) is 18.2 Å². The summed E-state index contributed by atoms with van der Waals surface area (Å²) in [6.45, 7) is 5.69. The highest BCUT2D eigenvalue weighted by Crippen LogP contribution is 2.35. The predicted octanol–water partition coefficient (Wildman–Crippen LogP) is 4.31. The highest BCUT2D eigenvalue weighted by atomic mass is 32.2. The number of rotatable bonds is 4. The number of aryl methyl sites for hydroxylation is 2. The topological polar surface area (TPSA) is 80.5 Å². The van der Waals surface area contributed by atoms with E-state index in [-0.39, 0.29) is 12.1 Å². The van der Waals surface area contributed by atoms with Crippen LogP contribution in [0.1, 0.15) is 47.6 Å². The Kier molecular flexibility index (Phi) is 6.82. The zero-order valence-electron chi connectivity index (χ0n) is 20.8. The monoisotopic (exact) mass is 519 g/mol. The molecule has 4 rings (SSSR count). The predicted molar refractivity (Wildman–Crippen MR) is 132 cm³/mol. The van der Waals surface area contributed by atoms with Crippen molar-refractivity contribution in [3.63, 3.8) is 0 Å². The van der Waals surface area contributed by atoms with E-state index in [0.717, 1.165) is 22.5 Å². The summed E-state index contributed by atoms with van der Waals surface area (Å²) in [5.74, 6) is 0.685. The number of aromatic nitrogens is 3. The Morgan fingerprint density at radius 3 is 2.53 bits per heavy atom. The maximum absolute atomic E-state index is 13.4. The van der Waals surface area contributed by atoms with Crippen molar-refractivity contribution in [1.29, 1.82) is 0 Å². The zero-order chi connectivity index (χ0) is 26.4. The Hall–Kier alpha value is -3.05. The molecule has 192 valence electrons. The van der Waals surface area contributed by atoms with Crippen molar-refractivity contribution in [1.82, 2.24) is 18.8 Å². The summed E-state index contributed by atoms with van der Waals surface area (Å²) < 4.78 is 67.3. The van der Waals surface area contributed by atoms with Gasteiger partial charge in [0.15, 0.2) is 5.49 Å². The van der Waals surface area contributed by atoms with E-state index in [4.69, 9.17) is 4.99 Å². The average Bonchev–Trinajstić information content (AvgIpc) is 2.81. The van der Waals surface area contributed by atoms with Crippen molar-refractivity contribution in [2.24, 2.45) is 12.0 Å². The number of hydrogen-bond donors (Lipinski definition) is 0. The number of alkyl halides is 3. The van der Waals surface area contributed by atoms with Gasteiger partial charge in [-0.05, 0) is 56.0 Å². The maximum atomic E-state index is 13.4. The Balaban J connectivity index is 1.82. The number of halogens is 3. The van der Waals surface area contributed by atoms with Crippen molar-refractivity contribution in [3.05, 3.63) is 70.2 Å². The number of benzene rings is 1. The fraction of sp³-hybridized carbons (Fsp3) is 0.400. The summed E-state index contributed by atoms with van der Waals surface area (Å²) in [5.41, 5.74) is 2.78. The molecule has 0 saturated carbocycles. The minimum absolute atomic E-state index is 0.147. The Morgan fingerprint density at radius 2 is 1.92 bits per heavy atom. The molecule has 0 spiro atoms. The first-order chi connectivity index (χ1) is 16.8. The van der Waals surface area contributed by atoms with Gasteiger partial charge in [-0.2, -0.15) is 17.5 Å². The Labute approximate surface area is 208 Å². The average molecular weight is 520 g/mol. The first kappa shape index (κ1) is 26.0. The molecule has 0 saturated heterocycles. The van der Waals surface area contributed by atoms with Gasteiger partial charge < -0.3 is 4.57 Å². The van der Waals surface area contributed by atoms with E-state index < -0.39 is 27.8 Å². The second-order valence-electron chi connectivity index (χ2n) is 9.05. The first-order valence-electron chi connectivity index (χ1n) is 11.5. The van der Waals surface area contributed by atoms with E-state index in [1.807, 2.05) is 30.7 Å². The van der Waals surface area contributed by atoms with Crippen LogP contribution in [0.2, 0.25) is 0 Å². The van der Waals surface area contributed by atoms with Crippen LogP contribution in [0.15, 0.2) is 41.5 Å². The number of sulfonamides is 1. The molecule has 0 bridgehead atoms. The minimum atomic E-state index is -4.44. The summed E-state index contributed by atoms with van der Waals surface area (Å²) in [6.07, 6.45) is 0.843. The van der Waals surface area contributed by atoms with Crippen molar-refractivity contribution in [2.45, 2.75) is 39.4 Å². The van der Waals surface area contributed by atoms with E-state index >= 15 is 0 Å². The third-order valence-electron chi connectivity index (χ3n) is 6.66. The van der Waals surface area contributed by atoms with Crippen LogP contribution in [-0.4, -0.2) is 46.6 Å². The van der Waals surface area contributed by atoms with Crippen molar-refractivity contribution in [3.8, 4) is 0 Å². The van der Waals surface area contributed by atoms with Gasteiger partial charge in [0, 0.05) is 25.5 Å². The van der Waals surface area contributed by atoms with Gasteiger partial charge >= 0.3 is 6.18 Å². The van der Waals surface area contributed by atoms with E-state index in [0.29, 0.717) is 35.5 Å². The van der Waals surface area contributed by atoms with Crippen molar-refractivity contribution >= 4 is 26.5 Å². The molecule has 36 heavy (non-hydrogen) atoms. The molecule has 2 aromatic heterocycles. The fourth-order valence-corrected chi connectivity index (χ4v) is 5.25. The second-order valence-corrected chi connectivity index (χ2v) is 11.0. The zero-order valence-corrected chi connectivity index (χ0v) is 21.6. The summed E-state index contributed by atoms with van der Waals surface area (Å²) >= 11 is 0. The van der Waals surface area contributed by atoms with E-state index in [1.54, 1.807) is 19.2 Å². The summed E-state index contributed by atoms with van der Waals surface area (Å²) in [6, 6.07) is 5.44. The van der Waals surface area contributed by atoms with Crippen LogP contribution in [0.25, 0.3) is 16.5 Å². The van der Waals surface area contributed by atoms with Crippen molar-refractivity contribution < 1.29 is 21.6 Å². The van der Waals surface area contributed by atoms with E-state index in [1.165, 1.54) is 23.6 Å². The van der Waals surface area contributed by atoms with Gasteiger partial charge in [0.1, 0.15) is 5.82 Å². The fourth-order valence-electron chi connectivity index (χ4n) is 4.48. The molecule has 0 radical (unpaired) electrons. The quantitative estimate of drug-likeness (QED) is 0.515. The Morgan fingerprint density at radius 1 is 1.19 bits per heavy atom. The number of fused-ring (bicyclic) bond motifs is 1. The third kappa shape index (κ3) is 5.08. The molecule has 7 nitrogen and oxygen atoms in total. The lowest BCUT2D eigenvalue weighted by molar-refractivity contribution is -0.138. The molecule has 0 amide bonds. The smallest absolute Gasteiger partial charge is 0.331 e. The summed E-state index contributed by atoms with van der Waals surface area (Å²) in [4.78, 5) is 14.0. The molecule has 0 N–H and O–H groups in total. The first-order valence-corrected chi connectivity index (χ1v) is 13.3. The standard InChI is InChI=1S/C25H28F3N5O2S/c1-15-19(7-6-8-21(15)25(26,27)28)16(2)30-24-20-13-22(29-14-23(20)32(4)17(3)31-24)18-9-11-33(12-10-18)36(5,34)35/h6-9,13-14,16H,10-12H2,1-5H3/b30-24-. The highest BCUT2D eigenvalue weighted by molar-refractivity contribution is 7.88. The number of pyridine rings is 1. The van der Waals surface area contributed by atoms with Crippen LogP contribution >= 0.6 is 0 Å².